The lowest BCUT2D eigenvalue weighted by molar-refractivity contribution is -0.147. The lowest BCUT2D eigenvalue weighted by Crippen LogP contribution is -2.48. The molecule has 0 spiro atoms. The van der Waals surface area contributed by atoms with Crippen molar-refractivity contribution in [3.05, 3.63) is 12.2 Å². The summed E-state index contributed by atoms with van der Waals surface area (Å²) in [5.41, 5.74) is -0.103. The molecule has 1 amide bonds. The van der Waals surface area contributed by atoms with Crippen LogP contribution in [0.25, 0.3) is 0 Å². The third-order valence-corrected chi connectivity index (χ3v) is 2.46. The Kier molecular flexibility index (Phi) is 6.45. The highest BCUT2D eigenvalue weighted by Gasteiger charge is 2.28. The first-order chi connectivity index (χ1) is 8.57. The number of esters is 1. The van der Waals surface area contributed by atoms with Crippen LogP contribution < -0.4 is 0 Å². The molecule has 0 aliphatic carbocycles. The number of amides is 1. The van der Waals surface area contributed by atoms with E-state index in [1.54, 1.807) is 6.92 Å². The number of hydrogen-bond donors (Lipinski definition) is 0. The van der Waals surface area contributed by atoms with Crippen LogP contribution >= 0.6 is 0 Å². The summed E-state index contributed by atoms with van der Waals surface area (Å²) in [4.78, 5) is 35.6. The molecule has 0 saturated heterocycles. The number of ether oxygens (including phenoxy) is 1. The van der Waals surface area contributed by atoms with E-state index in [1.165, 1.54) is 11.8 Å². The second-order valence-electron chi connectivity index (χ2n) is 5.45. The molecule has 0 unspecified atom stereocenters. The van der Waals surface area contributed by atoms with Crippen molar-refractivity contribution in [2.45, 2.75) is 46.6 Å². The molecule has 0 rings (SSSR count). The minimum atomic E-state index is -0.515. The minimum Gasteiger partial charge on any atom is -0.462 e. The highest BCUT2D eigenvalue weighted by molar-refractivity contribution is 6.35. The molecule has 108 valence electrons. The number of rotatable bonds is 6. The molecule has 0 aromatic heterocycles. The van der Waals surface area contributed by atoms with Crippen LogP contribution in [0.1, 0.15) is 41.0 Å². The van der Waals surface area contributed by atoms with E-state index in [0.29, 0.717) is 18.5 Å². The van der Waals surface area contributed by atoms with Crippen LogP contribution in [0.4, 0.5) is 0 Å². The average molecular weight is 269 g/mol. The maximum absolute atomic E-state index is 11.8. The van der Waals surface area contributed by atoms with E-state index in [0.717, 1.165) is 0 Å². The third-order valence-electron chi connectivity index (χ3n) is 2.46. The second kappa shape index (κ2) is 7.07. The highest BCUT2D eigenvalue weighted by Crippen LogP contribution is 2.14. The number of carbonyl (C=O) groups is 3. The van der Waals surface area contributed by atoms with Gasteiger partial charge in [0.05, 0.1) is 6.61 Å². The maximum atomic E-state index is 11.8. The van der Waals surface area contributed by atoms with Crippen LogP contribution in [-0.4, -0.2) is 41.3 Å². The maximum Gasteiger partial charge on any atom is 0.333 e. The number of nitrogens with zero attached hydrogens (tertiary/aromatic N) is 1. The zero-order valence-electron chi connectivity index (χ0n) is 12.4. The summed E-state index contributed by atoms with van der Waals surface area (Å²) in [6, 6.07) is 0. The molecule has 0 aromatic rings. The van der Waals surface area contributed by atoms with Gasteiger partial charge in [-0.3, -0.25) is 9.59 Å². The van der Waals surface area contributed by atoms with Crippen molar-refractivity contribution in [1.82, 2.24) is 4.90 Å². The Bertz CT molecular complexity index is 379. The molecule has 0 aliphatic heterocycles. The summed E-state index contributed by atoms with van der Waals surface area (Å²) in [5.74, 6) is -1.45. The Hall–Kier alpha value is -1.65. The van der Waals surface area contributed by atoms with Crippen LogP contribution in [0, 0.1) is 0 Å². The van der Waals surface area contributed by atoms with Gasteiger partial charge in [-0.05, 0) is 34.1 Å². The minimum absolute atomic E-state index is 0.198. The van der Waals surface area contributed by atoms with Crippen molar-refractivity contribution >= 4 is 17.7 Å². The first kappa shape index (κ1) is 17.4. The fraction of sp³-hybridized carbons (Fsp3) is 0.643. The molecule has 0 N–H and O–H groups in total. The molecule has 0 atom stereocenters. The zero-order valence-corrected chi connectivity index (χ0v) is 12.4. The standard InChI is InChI=1S/C14H23NO4/c1-10(2)13(18)19-9-7-8-15(14(4,5)6)12(17)11(3)16/h1,7-9H2,2-6H3. The van der Waals surface area contributed by atoms with Gasteiger partial charge in [0.15, 0.2) is 0 Å². The average Bonchev–Trinajstić information content (AvgIpc) is 2.25. The summed E-state index contributed by atoms with van der Waals surface area (Å²) in [7, 11) is 0. The van der Waals surface area contributed by atoms with E-state index in [1.807, 2.05) is 20.8 Å². The number of ketones is 1. The van der Waals surface area contributed by atoms with E-state index in [4.69, 9.17) is 4.74 Å². The molecular formula is C14H23NO4. The van der Waals surface area contributed by atoms with Gasteiger partial charge in [-0.25, -0.2) is 4.79 Å². The van der Waals surface area contributed by atoms with E-state index < -0.39 is 23.2 Å². The molecule has 0 bridgehead atoms. The van der Waals surface area contributed by atoms with Gasteiger partial charge < -0.3 is 9.64 Å². The van der Waals surface area contributed by atoms with E-state index in [-0.39, 0.29) is 6.61 Å². The molecular weight excluding hydrogens is 246 g/mol. The lowest BCUT2D eigenvalue weighted by atomic mass is 10.0. The van der Waals surface area contributed by atoms with E-state index in [9.17, 15) is 14.4 Å². The number of hydrogen-bond acceptors (Lipinski definition) is 4. The normalized spacial score (nSPS) is 10.8. The molecule has 0 heterocycles. The van der Waals surface area contributed by atoms with Crippen LogP contribution in [0.2, 0.25) is 0 Å². The van der Waals surface area contributed by atoms with Gasteiger partial charge >= 0.3 is 5.97 Å². The van der Waals surface area contributed by atoms with Crippen molar-refractivity contribution in [3.8, 4) is 0 Å². The summed E-state index contributed by atoms with van der Waals surface area (Å²) in [5, 5.41) is 0. The molecule has 0 saturated carbocycles. The summed E-state index contributed by atoms with van der Waals surface area (Å²) in [6.07, 6.45) is 0.481. The van der Waals surface area contributed by atoms with E-state index >= 15 is 0 Å². The predicted octanol–water partition coefficient (Wildman–Crippen LogP) is 1.71. The van der Waals surface area contributed by atoms with Gasteiger partial charge in [0.2, 0.25) is 5.78 Å². The Labute approximate surface area is 114 Å². The lowest BCUT2D eigenvalue weighted by Gasteiger charge is -2.35. The third kappa shape index (κ3) is 6.18. The van der Waals surface area contributed by atoms with Crippen molar-refractivity contribution < 1.29 is 19.1 Å². The van der Waals surface area contributed by atoms with Crippen LogP contribution in [0.15, 0.2) is 12.2 Å². The first-order valence-electron chi connectivity index (χ1n) is 6.22. The zero-order chi connectivity index (χ0) is 15.2. The monoisotopic (exact) mass is 269 g/mol. The van der Waals surface area contributed by atoms with Crippen LogP contribution in [0.5, 0.6) is 0 Å². The van der Waals surface area contributed by atoms with Gasteiger partial charge in [-0.15, -0.1) is 0 Å². The molecule has 5 heteroatoms. The SMILES string of the molecule is C=C(C)C(=O)OCCCN(C(=O)C(C)=O)C(C)(C)C. The van der Waals surface area contributed by atoms with E-state index in [2.05, 4.69) is 6.58 Å². The van der Waals surface area contributed by atoms with Gasteiger partial charge in [0, 0.05) is 24.6 Å². The smallest absolute Gasteiger partial charge is 0.333 e. The quantitative estimate of drug-likeness (QED) is 0.319. The Balaban J connectivity index is 4.38. The topological polar surface area (TPSA) is 63.7 Å². The Morgan fingerprint density at radius 2 is 1.68 bits per heavy atom. The fourth-order valence-electron chi connectivity index (χ4n) is 1.44. The largest absolute Gasteiger partial charge is 0.462 e. The Morgan fingerprint density at radius 1 is 1.16 bits per heavy atom. The molecule has 19 heavy (non-hydrogen) atoms. The highest BCUT2D eigenvalue weighted by atomic mass is 16.5. The molecule has 0 fully saturated rings. The van der Waals surface area contributed by atoms with Crippen molar-refractivity contribution in [3.63, 3.8) is 0 Å². The molecule has 0 aliphatic rings. The summed E-state index contributed by atoms with van der Waals surface area (Å²) in [6.45, 7) is 12.4. The van der Waals surface area contributed by atoms with Crippen LogP contribution in [0.3, 0.4) is 0 Å². The fourth-order valence-corrected chi connectivity index (χ4v) is 1.44. The van der Waals surface area contributed by atoms with Crippen molar-refractivity contribution in [1.29, 1.82) is 0 Å². The van der Waals surface area contributed by atoms with Gasteiger partial charge in [0.1, 0.15) is 0 Å². The van der Waals surface area contributed by atoms with Gasteiger partial charge in [-0.1, -0.05) is 6.58 Å². The molecule has 5 nitrogen and oxygen atoms in total. The van der Waals surface area contributed by atoms with Crippen molar-refractivity contribution in [2.24, 2.45) is 0 Å². The number of carbonyl (C=O) groups excluding carboxylic acids is 3. The number of Topliss-reactive ketones (excluding diaryl/α,β-unsaturated/α-hetero) is 1. The molecule has 0 aromatic carbocycles. The first-order valence-corrected chi connectivity index (χ1v) is 6.22. The van der Waals surface area contributed by atoms with Gasteiger partial charge in [-0.2, -0.15) is 0 Å². The second-order valence-corrected chi connectivity index (χ2v) is 5.45. The Morgan fingerprint density at radius 3 is 2.05 bits per heavy atom. The van der Waals surface area contributed by atoms with Crippen molar-refractivity contribution in [2.75, 3.05) is 13.2 Å². The molecule has 0 radical (unpaired) electrons. The summed E-state index contributed by atoms with van der Waals surface area (Å²) < 4.78 is 4.95. The van der Waals surface area contributed by atoms with Crippen LogP contribution in [-0.2, 0) is 19.1 Å². The van der Waals surface area contributed by atoms with Gasteiger partial charge in [0.25, 0.3) is 5.91 Å². The predicted molar refractivity (Wildman–Crippen MR) is 72.5 cm³/mol. The summed E-state index contributed by atoms with van der Waals surface area (Å²) >= 11 is 0.